The molecule has 1 unspecified atom stereocenters. The molecule has 1 aliphatic heterocycles. The van der Waals surface area contributed by atoms with Crippen molar-refractivity contribution in [1.29, 1.82) is 0 Å². The minimum absolute atomic E-state index is 0.170. The van der Waals surface area contributed by atoms with Crippen molar-refractivity contribution >= 4 is 39.3 Å². The van der Waals surface area contributed by atoms with E-state index in [0.29, 0.717) is 40.9 Å². The zero-order valence-corrected chi connectivity index (χ0v) is 20.1. The van der Waals surface area contributed by atoms with Gasteiger partial charge in [-0.1, -0.05) is 23.7 Å². The zero-order chi connectivity index (χ0) is 23.7. The second-order valence-electron chi connectivity index (χ2n) is 9.19. The quantitative estimate of drug-likeness (QED) is 0.505. The van der Waals surface area contributed by atoms with Crippen LogP contribution in [0.5, 0.6) is 5.75 Å². The van der Waals surface area contributed by atoms with Crippen LogP contribution in [0.2, 0.25) is 0 Å². The van der Waals surface area contributed by atoms with E-state index >= 15 is 0 Å². The first-order valence-electron chi connectivity index (χ1n) is 11.7. The number of rotatable bonds is 6. The lowest BCUT2D eigenvalue weighted by Crippen LogP contribution is -2.41. The monoisotopic (exact) mass is 481 g/mol. The molecule has 3 aromatic rings. The van der Waals surface area contributed by atoms with Crippen LogP contribution in [0.25, 0.3) is 15.9 Å². The van der Waals surface area contributed by atoms with Gasteiger partial charge in [-0.05, 0) is 62.1 Å². The number of hydrogen-bond acceptors (Lipinski definition) is 6. The fraction of sp³-hybridized carbons (Fsp3) is 0.385. The number of hydrogen-bond donors (Lipinski definition) is 2. The molecule has 1 fully saturated rings. The number of fused-ring (bicyclic) bond motifs is 2. The number of ether oxygens (including phenoxy) is 1. The Morgan fingerprint density at radius 3 is 2.62 bits per heavy atom. The molecule has 0 spiro atoms. The van der Waals surface area contributed by atoms with Crippen LogP contribution in [0.1, 0.15) is 31.2 Å². The molecule has 8 heteroatoms. The zero-order valence-electron chi connectivity index (χ0n) is 19.4. The van der Waals surface area contributed by atoms with Crippen molar-refractivity contribution in [3.8, 4) is 5.75 Å². The van der Waals surface area contributed by atoms with E-state index in [2.05, 4.69) is 16.7 Å². The second kappa shape index (κ2) is 9.76. The van der Waals surface area contributed by atoms with E-state index in [4.69, 9.17) is 26.3 Å². The van der Waals surface area contributed by atoms with Crippen molar-refractivity contribution in [2.75, 3.05) is 30.9 Å². The van der Waals surface area contributed by atoms with Crippen molar-refractivity contribution in [3.63, 3.8) is 0 Å². The molecule has 178 valence electrons. The predicted molar refractivity (Wildman–Crippen MR) is 136 cm³/mol. The van der Waals surface area contributed by atoms with E-state index in [1.807, 2.05) is 43.3 Å². The summed E-state index contributed by atoms with van der Waals surface area (Å²) in [4.78, 5) is 11.5. The van der Waals surface area contributed by atoms with E-state index in [9.17, 15) is 4.39 Å². The minimum Gasteiger partial charge on any atom is -0.484 e. The van der Waals surface area contributed by atoms with Gasteiger partial charge in [-0.25, -0.2) is 9.37 Å². The van der Waals surface area contributed by atoms with Crippen molar-refractivity contribution < 1.29 is 9.13 Å². The summed E-state index contributed by atoms with van der Waals surface area (Å²) in [5.41, 5.74) is 1.56. The van der Waals surface area contributed by atoms with Gasteiger partial charge in [0.1, 0.15) is 23.5 Å². The average Bonchev–Trinajstić information content (AvgIpc) is 2.83. The van der Waals surface area contributed by atoms with Crippen LogP contribution in [0.4, 0.5) is 16.2 Å². The first-order valence-corrected chi connectivity index (χ1v) is 12.1. The average molecular weight is 482 g/mol. The Bertz CT molecular complexity index is 1210. The summed E-state index contributed by atoms with van der Waals surface area (Å²) < 4.78 is 19.5. The summed E-state index contributed by atoms with van der Waals surface area (Å²) in [6.45, 7) is 0.662. The Balaban J connectivity index is 1.15. The molecule has 0 saturated heterocycles. The van der Waals surface area contributed by atoms with Crippen molar-refractivity contribution in [3.05, 3.63) is 59.9 Å². The number of para-hydroxylation sites is 1. The smallest absolute Gasteiger partial charge is 0.225 e. The molecule has 0 bridgehead atoms. The third kappa shape index (κ3) is 4.95. The van der Waals surface area contributed by atoms with Crippen LogP contribution >= 0.6 is 11.6 Å². The van der Waals surface area contributed by atoms with Gasteiger partial charge in [0.25, 0.3) is 0 Å². The van der Waals surface area contributed by atoms with Gasteiger partial charge in [-0.2, -0.15) is 4.98 Å². The Kier molecular flexibility index (Phi) is 6.57. The number of aromatic nitrogens is 2. The van der Waals surface area contributed by atoms with Gasteiger partial charge in [-0.3, -0.25) is 0 Å². The Labute approximate surface area is 204 Å². The molecule has 1 aliphatic carbocycles. The van der Waals surface area contributed by atoms with Crippen LogP contribution in [-0.2, 0) is 0 Å². The molecule has 0 amide bonds. The highest BCUT2D eigenvalue weighted by Crippen LogP contribution is 2.35. The summed E-state index contributed by atoms with van der Waals surface area (Å²) in [6.07, 6.45) is 5.86. The van der Waals surface area contributed by atoms with Crippen molar-refractivity contribution in [1.82, 2.24) is 15.3 Å². The maximum absolute atomic E-state index is 13.5. The molecule has 0 radical (unpaired) electrons. The van der Waals surface area contributed by atoms with Gasteiger partial charge in [0.15, 0.2) is 0 Å². The Hall–Kier alpha value is -2.90. The standard InChI is InChI=1S/C26H29ClFN5O/c1-33(2)25-20-5-3-4-6-23(20)31-26(32-25)30-18-10-8-17(9-11-18)29-15-19-14-22(27)21-13-16(28)7-12-24(21)34-19/h3-7,12-14,17-19,29H,8-11,15H2,1-2H3,(H,30,31,32)/t17-,18+,19?. The highest BCUT2D eigenvalue weighted by molar-refractivity contribution is 6.49. The molecule has 2 aromatic carbocycles. The SMILES string of the molecule is CN(C)c1nc(N[C@H]2CC[C@@H](NCC3C=C(Cl)c4cc(F)ccc4O3)CC2)nc2ccccc12. The van der Waals surface area contributed by atoms with Crippen LogP contribution in [-0.4, -0.2) is 48.8 Å². The van der Waals surface area contributed by atoms with Gasteiger partial charge in [0, 0.05) is 43.7 Å². The summed E-state index contributed by atoms with van der Waals surface area (Å²) >= 11 is 6.36. The summed E-state index contributed by atoms with van der Waals surface area (Å²) in [7, 11) is 4.01. The predicted octanol–water partition coefficient (Wildman–Crippen LogP) is 5.19. The number of halogens is 2. The molecule has 2 N–H and O–H groups in total. The summed E-state index contributed by atoms with van der Waals surface area (Å²) in [6, 6.07) is 13.3. The third-order valence-corrected chi connectivity index (χ3v) is 6.81. The van der Waals surface area contributed by atoms with Gasteiger partial charge in [0.05, 0.1) is 10.5 Å². The van der Waals surface area contributed by atoms with Crippen LogP contribution < -0.4 is 20.3 Å². The van der Waals surface area contributed by atoms with Crippen LogP contribution in [0.15, 0.2) is 48.5 Å². The first-order chi connectivity index (χ1) is 16.5. The lowest BCUT2D eigenvalue weighted by atomic mass is 9.91. The van der Waals surface area contributed by atoms with Crippen LogP contribution in [0, 0.1) is 5.82 Å². The highest BCUT2D eigenvalue weighted by Gasteiger charge is 2.25. The molecule has 6 nitrogen and oxygen atoms in total. The van der Waals surface area contributed by atoms with Crippen molar-refractivity contribution in [2.24, 2.45) is 0 Å². The molecular weight excluding hydrogens is 453 g/mol. The van der Waals surface area contributed by atoms with Gasteiger partial charge in [0.2, 0.25) is 5.95 Å². The number of benzene rings is 2. The second-order valence-corrected chi connectivity index (χ2v) is 9.60. The van der Waals surface area contributed by atoms with E-state index in [1.165, 1.54) is 12.1 Å². The maximum Gasteiger partial charge on any atom is 0.225 e. The molecule has 2 aliphatic rings. The number of nitrogens with one attached hydrogen (secondary N) is 2. The molecule has 1 atom stereocenters. The summed E-state index contributed by atoms with van der Waals surface area (Å²) in [5.74, 6) is 1.92. The molecule has 1 saturated carbocycles. The largest absolute Gasteiger partial charge is 0.484 e. The molecule has 2 heterocycles. The van der Waals surface area contributed by atoms with Crippen LogP contribution in [0.3, 0.4) is 0 Å². The molecule has 5 rings (SSSR count). The summed E-state index contributed by atoms with van der Waals surface area (Å²) in [5, 5.41) is 8.76. The fourth-order valence-electron chi connectivity index (χ4n) is 4.71. The number of nitrogens with zero attached hydrogens (tertiary/aromatic N) is 3. The van der Waals surface area contributed by atoms with E-state index in [1.54, 1.807) is 6.07 Å². The lowest BCUT2D eigenvalue weighted by Gasteiger charge is -2.31. The minimum atomic E-state index is -0.317. The molecule has 34 heavy (non-hydrogen) atoms. The maximum atomic E-state index is 13.5. The molecular formula is C26H29ClFN5O. The molecule has 1 aromatic heterocycles. The third-order valence-electron chi connectivity index (χ3n) is 6.48. The Morgan fingerprint density at radius 2 is 1.82 bits per heavy atom. The van der Waals surface area contributed by atoms with Crippen molar-refractivity contribution in [2.45, 2.75) is 43.9 Å². The number of anilines is 2. The topological polar surface area (TPSA) is 62.3 Å². The van der Waals surface area contributed by atoms with Gasteiger partial charge in [-0.15, -0.1) is 0 Å². The normalized spacial score (nSPS) is 22.0. The van der Waals surface area contributed by atoms with E-state index in [-0.39, 0.29) is 11.9 Å². The highest BCUT2D eigenvalue weighted by atomic mass is 35.5. The van der Waals surface area contributed by atoms with E-state index < -0.39 is 0 Å². The van der Waals surface area contributed by atoms with Gasteiger partial charge < -0.3 is 20.3 Å². The lowest BCUT2D eigenvalue weighted by molar-refractivity contribution is 0.225. The van der Waals surface area contributed by atoms with E-state index in [0.717, 1.165) is 42.4 Å². The van der Waals surface area contributed by atoms with Gasteiger partial charge >= 0.3 is 0 Å². The Morgan fingerprint density at radius 1 is 1.06 bits per heavy atom. The fourth-order valence-corrected chi connectivity index (χ4v) is 5.00. The first kappa shape index (κ1) is 22.9.